The van der Waals surface area contributed by atoms with Crippen LogP contribution in [0.2, 0.25) is 0 Å². The van der Waals surface area contributed by atoms with Crippen molar-refractivity contribution in [3.05, 3.63) is 65.7 Å². The normalized spacial score (nSPS) is 14.9. The highest BCUT2D eigenvalue weighted by atomic mass is 32.2. The highest BCUT2D eigenvalue weighted by molar-refractivity contribution is 8.00. The van der Waals surface area contributed by atoms with Crippen molar-refractivity contribution in [2.24, 2.45) is 0 Å². The van der Waals surface area contributed by atoms with E-state index in [2.05, 4.69) is 30.3 Å². The van der Waals surface area contributed by atoms with Gasteiger partial charge in [0, 0.05) is 5.69 Å². The molecule has 1 aliphatic heterocycles. The van der Waals surface area contributed by atoms with Gasteiger partial charge in [0.1, 0.15) is 0 Å². The summed E-state index contributed by atoms with van der Waals surface area (Å²) < 4.78 is 0. The summed E-state index contributed by atoms with van der Waals surface area (Å²) in [5, 5.41) is 0. The van der Waals surface area contributed by atoms with Gasteiger partial charge in [-0.25, -0.2) is 0 Å². The summed E-state index contributed by atoms with van der Waals surface area (Å²) in [6, 6.07) is 18.6. The van der Waals surface area contributed by atoms with Gasteiger partial charge in [0.25, 0.3) is 0 Å². The predicted octanol–water partition coefficient (Wildman–Crippen LogP) is 3.31. The summed E-state index contributed by atoms with van der Waals surface area (Å²) in [5.41, 5.74) is 3.54. The van der Waals surface area contributed by atoms with E-state index in [0.717, 1.165) is 18.0 Å². The average molecular weight is 269 g/mol. The predicted molar refractivity (Wildman–Crippen MR) is 80.5 cm³/mol. The number of carbonyl (C=O) groups is 1. The fraction of sp³-hybridized carbons (Fsp3) is 0.188. The number of anilines is 1. The highest BCUT2D eigenvalue weighted by Gasteiger charge is 2.23. The Kier molecular flexibility index (Phi) is 3.56. The van der Waals surface area contributed by atoms with E-state index in [1.807, 2.05) is 29.2 Å². The summed E-state index contributed by atoms with van der Waals surface area (Å²) in [4.78, 5) is 13.8. The molecule has 96 valence electrons. The van der Waals surface area contributed by atoms with Gasteiger partial charge in [-0.2, -0.15) is 0 Å². The topological polar surface area (TPSA) is 20.3 Å². The third kappa shape index (κ3) is 2.66. The molecule has 1 amide bonds. The molecule has 0 saturated carbocycles. The molecule has 0 aliphatic carbocycles. The van der Waals surface area contributed by atoms with Crippen LogP contribution in [0.4, 0.5) is 5.69 Å². The minimum atomic E-state index is 0.213. The first-order chi connectivity index (χ1) is 9.34. The first kappa shape index (κ1) is 12.3. The number of benzene rings is 2. The largest absolute Gasteiger partial charge is 0.302 e. The van der Waals surface area contributed by atoms with Crippen LogP contribution in [0.1, 0.15) is 11.1 Å². The SMILES string of the molecule is O=C1CSCN1c1ccccc1Cc1ccccc1. The van der Waals surface area contributed by atoms with Crippen molar-refractivity contribution >= 4 is 23.4 Å². The number of para-hydroxylation sites is 1. The second-order valence-corrected chi connectivity index (χ2v) is 5.55. The molecule has 0 radical (unpaired) electrons. The van der Waals surface area contributed by atoms with Crippen LogP contribution in [0, 0.1) is 0 Å². The van der Waals surface area contributed by atoms with Gasteiger partial charge < -0.3 is 4.90 Å². The Bertz CT molecular complexity index is 582. The van der Waals surface area contributed by atoms with Crippen LogP contribution in [0.25, 0.3) is 0 Å². The van der Waals surface area contributed by atoms with Gasteiger partial charge in [-0.15, -0.1) is 11.8 Å². The van der Waals surface area contributed by atoms with E-state index >= 15 is 0 Å². The second-order valence-electron chi connectivity index (χ2n) is 4.59. The smallest absolute Gasteiger partial charge is 0.237 e. The molecular weight excluding hydrogens is 254 g/mol. The van der Waals surface area contributed by atoms with Crippen LogP contribution in [0.3, 0.4) is 0 Å². The maximum Gasteiger partial charge on any atom is 0.237 e. The van der Waals surface area contributed by atoms with Gasteiger partial charge in [-0.3, -0.25) is 4.79 Å². The summed E-state index contributed by atoms with van der Waals surface area (Å²) >= 11 is 1.68. The van der Waals surface area contributed by atoms with Crippen molar-refractivity contribution in [1.29, 1.82) is 0 Å². The van der Waals surface area contributed by atoms with Crippen LogP contribution in [-0.2, 0) is 11.2 Å². The standard InChI is InChI=1S/C16H15NOS/c18-16-11-19-12-17(16)15-9-5-4-8-14(15)10-13-6-2-1-3-7-13/h1-9H,10-12H2. The first-order valence-electron chi connectivity index (χ1n) is 6.34. The van der Waals surface area contributed by atoms with E-state index in [9.17, 15) is 4.79 Å². The Morgan fingerprint density at radius 1 is 1.00 bits per heavy atom. The molecule has 1 aliphatic rings. The lowest BCUT2D eigenvalue weighted by Crippen LogP contribution is -2.25. The minimum Gasteiger partial charge on any atom is -0.302 e. The molecule has 0 unspecified atom stereocenters. The molecule has 2 nitrogen and oxygen atoms in total. The zero-order chi connectivity index (χ0) is 13.1. The zero-order valence-electron chi connectivity index (χ0n) is 10.6. The Labute approximate surface area is 117 Å². The van der Waals surface area contributed by atoms with Gasteiger partial charge in [0.05, 0.1) is 11.6 Å². The van der Waals surface area contributed by atoms with Gasteiger partial charge >= 0.3 is 0 Å². The summed E-state index contributed by atoms with van der Waals surface area (Å²) in [7, 11) is 0. The molecule has 19 heavy (non-hydrogen) atoms. The molecular formula is C16H15NOS. The maximum atomic E-state index is 11.9. The monoisotopic (exact) mass is 269 g/mol. The van der Waals surface area contributed by atoms with Gasteiger partial charge in [0.2, 0.25) is 5.91 Å². The molecule has 1 heterocycles. The van der Waals surface area contributed by atoms with E-state index < -0.39 is 0 Å². The van der Waals surface area contributed by atoms with Crippen molar-refractivity contribution in [1.82, 2.24) is 0 Å². The third-order valence-electron chi connectivity index (χ3n) is 3.27. The molecule has 3 heteroatoms. The summed E-state index contributed by atoms with van der Waals surface area (Å²) in [5.74, 6) is 1.58. The van der Waals surface area contributed by atoms with Gasteiger partial charge in [-0.05, 0) is 23.6 Å². The van der Waals surface area contributed by atoms with Crippen LogP contribution >= 0.6 is 11.8 Å². The Balaban J connectivity index is 1.91. The van der Waals surface area contributed by atoms with Gasteiger partial charge in [0.15, 0.2) is 0 Å². The number of hydrogen-bond donors (Lipinski definition) is 0. The molecule has 0 N–H and O–H groups in total. The molecule has 3 rings (SSSR count). The third-order valence-corrected chi connectivity index (χ3v) is 4.16. The molecule has 2 aromatic carbocycles. The van der Waals surface area contributed by atoms with Crippen molar-refractivity contribution < 1.29 is 4.79 Å². The van der Waals surface area contributed by atoms with E-state index in [0.29, 0.717) is 5.75 Å². The van der Waals surface area contributed by atoms with E-state index in [1.165, 1.54) is 11.1 Å². The number of rotatable bonds is 3. The number of amides is 1. The summed E-state index contributed by atoms with van der Waals surface area (Å²) in [6.07, 6.45) is 0.867. The van der Waals surface area contributed by atoms with Crippen molar-refractivity contribution in [2.45, 2.75) is 6.42 Å². The number of hydrogen-bond acceptors (Lipinski definition) is 2. The minimum absolute atomic E-state index is 0.213. The van der Waals surface area contributed by atoms with Crippen LogP contribution in [0.15, 0.2) is 54.6 Å². The van der Waals surface area contributed by atoms with E-state index in [1.54, 1.807) is 11.8 Å². The number of thioether (sulfide) groups is 1. The molecule has 2 aromatic rings. The van der Waals surface area contributed by atoms with Gasteiger partial charge in [-0.1, -0.05) is 48.5 Å². The second kappa shape index (κ2) is 5.49. The molecule has 1 fully saturated rings. The fourth-order valence-electron chi connectivity index (χ4n) is 2.32. The van der Waals surface area contributed by atoms with Crippen molar-refractivity contribution in [2.75, 3.05) is 16.5 Å². The molecule has 1 saturated heterocycles. The first-order valence-corrected chi connectivity index (χ1v) is 7.50. The van der Waals surface area contributed by atoms with Crippen LogP contribution in [0.5, 0.6) is 0 Å². The van der Waals surface area contributed by atoms with Crippen molar-refractivity contribution in [3.63, 3.8) is 0 Å². The lowest BCUT2D eigenvalue weighted by molar-refractivity contribution is -0.115. The summed E-state index contributed by atoms with van der Waals surface area (Å²) in [6.45, 7) is 0. The molecule has 0 aromatic heterocycles. The quantitative estimate of drug-likeness (QED) is 0.852. The van der Waals surface area contributed by atoms with E-state index in [-0.39, 0.29) is 5.91 Å². The lowest BCUT2D eigenvalue weighted by Gasteiger charge is -2.19. The number of nitrogens with zero attached hydrogens (tertiary/aromatic N) is 1. The molecule has 0 bridgehead atoms. The average Bonchev–Trinajstić information content (AvgIpc) is 2.87. The Hall–Kier alpha value is -1.74. The van der Waals surface area contributed by atoms with Crippen LogP contribution in [-0.4, -0.2) is 17.5 Å². The maximum absolute atomic E-state index is 11.9. The Morgan fingerprint density at radius 2 is 1.74 bits per heavy atom. The van der Waals surface area contributed by atoms with Crippen molar-refractivity contribution in [3.8, 4) is 0 Å². The zero-order valence-corrected chi connectivity index (χ0v) is 11.4. The lowest BCUT2D eigenvalue weighted by atomic mass is 10.0. The Morgan fingerprint density at radius 3 is 2.47 bits per heavy atom. The highest BCUT2D eigenvalue weighted by Crippen LogP contribution is 2.28. The van der Waals surface area contributed by atoms with Crippen LogP contribution < -0.4 is 4.90 Å². The molecule has 0 spiro atoms. The molecule has 0 atom stereocenters. The van der Waals surface area contributed by atoms with E-state index in [4.69, 9.17) is 0 Å². The fourth-order valence-corrected chi connectivity index (χ4v) is 3.20. The number of carbonyl (C=O) groups excluding carboxylic acids is 1.